The normalized spacial score (nSPS) is 10.9. The van der Waals surface area contributed by atoms with E-state index in [1.807, 2.05) is 83.5 Å². The van der Waals surface area contributed by atoms with Crippen molar-refractivity contribution in [2.45, 2.75) is 59.2 Å². The van der Waals surface area contributed by atoms with Crippen LogP contribution in [0.15, 0.2) is 141 Å². The molecule has 0 bridgehead atoms. The Labute approximate surface area is 551 Å². The molecule has 0 atom stereocenters. The molecule has 0 amide bonds. The number of rotatable bonds is 8. The van der Waals surface area contributed by atoms with Crippen LogP contribution in [0.25, 0.3) is 75.2 Å². The van der Waals surface area contributed by atoms with Crippen molar-refractivity contribution in [1.29, 1.82) is 0 Å². The smallest absolute Gasteiger partial charge is 0.420 e. The second-order valence-electron chi connectivity index (χ2n) is 17.6. The molecule has 1 aromatic carbocycles. The van der Waals surface area contributed by atoms with Crippen molar-refractivity contribution in [2.24, 2.45) is 7.05 Å². The molecule has 0 fully saturated rings. The Morgan fingerprint density at radius 1 is 0.363 bits per heavy atom. The zero-order chi connectivity index (χ0) is 63.0. The van der Waals surface area contributed by atoms with E-state index in [4.69, 9.17) is 0 Å². The molecule has 13 aromatic rings. The maximum atomic E-state index is 12.1. The van der Waals surface area contributed by atoms with E-state index >= 15 is 0 Å². The first-order chi connectivity index (χ1) is 42.0. The second kappa shape index (κ2) is 32.9. The Balaban J connectivity index is 0.000000198. The monoisotopic (exact) mass is 1800 g/mol. The molecule has 0 aliphatic carbocycles. The maximum Gasteiger partial charge on any atom is 2.00 e. The second-order valence-corrected chi connectivity index (χ2v) is 17.6. The Bertz CT molecular complexity index is 3980. The third-order valence-electron chi connectivity index (χ3n) is 10.8. The summed E-state index contributed by atoms with van der Waals surface area (Å²) in [6.07, 6.45) is 1.47. The third-order valence-corrected chi connectivity index (χ3v) is 10.8. The maximum absolute atomic E-state index is 12.1. The molecule has 0 radical (unpaired) electrons. The first-order valence-corrected chi connectivity index (χ1v) is 25.2. The molecule has 12 aromatic heterocycles. The number of imidazole rings is 3. The van der Waals surface area contributed by atoms with Gasteiger partial charge in [0.25, 0.3) is 0 Å². The summed E-state index contributed by atoms with van der Waals surface area (Å²) >= 11 is 0. The number of halogens is 9. The van der Waals surface area contributed by atoms with Gasteiger partial charge in [-0.1, -0.05) is 36.4 Å². The van der Waals surface area contributed by atoms with Crippen LogP contribution in [0.2, 0.25) is 0 Å². The van der Waals surface area contributed by atoms with Crippen LogP contribution in [0.1, 0.15) is 54.8 Å². The van der Waals surface area contributed by atoms with E-state index < -0.39 is 36.0 Å². The van der Waals surface area contributed by atoms with Gasteiger partial charge in [-0.05, 0) is 101 Å². The van der Waals surface area contributed by atoms with Gasteiger partial charge in [0.2, 0.25) is 0 Å². The van der Waals surface area contributed by atoms with Gasteiger partial charge in [-0.3, -0.25) is 45.5 Å². The SMILES string of the molecule is Cc1n[n-]c(-c2nccn2-c2ccccc2)n1.Cc1n[n-]c(-c2nccn2C(C)C)n1.Cc1n[n-]c(-c2nccn2C)n1.FC(F)(F)c1n[n-]c(-c2ccccn2)n1.FC(F)(F)c1n[n-]c(-c2ccccn2)n1.FC(F)(F)c1n[n-]c(-c2ccccn2)n1.[Pt+2].[Pt+2].[Pt+2]. The minimum atomic E-state index is -4.57. The number of aryl methyl sites for hydroxylation is 4. The van der Waals surface area contributed by atoms with Gasteiger partial charge in [0.15, 0.2) is 0 Å². The third kappa shape index (κ3) is 20.3. The minimum Gasteiger partial charge on any atom is -0.420 e. The number of para-hydroxylation sites is 1. The van der Waals surface area contributed by atoms with Gasteiger partial charge in [-0.15, -0.1) is 0 Å². The van der Waals surface area contributed by atoms with Gasteiger partial charge >= 0.3 is 81.7 Å². The van der Waals surface area contributed by atoms with E-state index in [-0.39, 0.29) is 97.8 Å². The fourth-order valence-corrected chi connectivity index (χ4v) is 6.88. The van der Waals surface area contributed by atoms with Gasteiger partial charge in [0, 0.05) is 109 Å². The van der Waals surface area contributed by atoms with Gasteiger partial charge in [-0.2, -0.15) is 39.5 Å². The predicted molar refractivity (Wildman–Crippen MR) is 287 cm³/mol. The van der Waals surface area contributed by atoms with Crippen LogP contribution in [0.5, 0.6) is 0 Å². The van der Waals surface area contributed by atoms with E-state index in [2.05, 4.69) is 135 Å². The fourth-order valence-electron chi connectivity index (χ4n) is 6.88. The van der Waals surface area contributed by atoms with Crippen LogP contribution >= 0.6 is 0 Å². The van der Waals surface area contributed by atoms with E-state index in [1.54, 1.807) is 61.9 Å². The predicted octanol–water partition coefficient (Wildman–Crippen LogP) is 7.46. The first-order valence-electron chi connectivity index (χ1n) is 25.2. The molecule has 12 heterocycles. The molecule has 0 saturated heterocycles. The van der Waals surface area contributed by atoms with Crippen LogP contribution in [-0.2, 0) is 88.8 Å². The first kappa shape index (κ1) is 72.3. The molecule has 0 aliphatic rings. The zero-order valence-electron chi connectivity index (χ0n) is 47.3. The molecule has 0 spiro atoms. The summed E-state index contributed by atoms with van der Waals surface area (Å²) in [5, 5.41) is 42.1. The zero-order valence-corrected chi connectivity index (χ0v) is 54.1. The van der Waals surface area contributed by atoms with Crippen molar-refractivity contribution in [3.8, 4) is 75.2 Å². The summed E-state index contributed by atoms with van der Waals surface area (Å²) < 4.78 is 115. The van der Waals surface area contributed by atoms with Gasteiger partial charge in [0.05, 0.1) is 17.1 Å². The molecule has 39 heteroatoms. The molecule has 27 nitrogen and oxygen atoms in total. The largest absolute Gasteiger partial charge is 2.00 e. The molecular weight excluding hydrogens is 1760 g/mol. The van der Waals surface area contributed by atoms with E-state index in [9.17, 15) is 39.5 Å². The Kier molecular flexibility index (Phi) is 26.1. The van der Waals surface area contributed by atoms with Gasteiger partial charge in [-0.25, -0.2) is 15.0 Å². The fraction of sp³-hybridized carbons (Fsp3) is 0.192. The number of pyridine rings is 3. The summed E-state index contributed by atoms with van der Waals surface area (Å²) in [4.78, 5) is 46.3. The number of aromatic nitrogens is 27. The van der Waals surface area contributed by atoms with Crippen molar-refractivity contribution >= 4 is 0 Å². The van der Waals surface area contributed by atoms with E-state index in [0.29, 0.717) is 46.8 Å². The van der Waals surface area contributed by atoms with E-state index in [1.165, 1.54) is 36.8 Å². The Morgan fingerprint density at radius 3 is 1.03 bits per heavy atom. The summed E-state index contributed by atoms with van der Waals surface area (Å²) in [7, 11) is 1.90. The summed E-state index contributed by atoms with van der Waals surface area (Å²) in [6.45, 7) is 9.62. The van der Waals surface area contributed by atoms with Crippen molar-refractivity contribution in [1.82, 2.24) is 135 Å². The standard InChI is InChI=1S/C12H10N5.C9H12N5.3C8H4F3N4.C7H8N5.3Pt/c1-9-14-11(16-15-9)12-13-7-8-17(12)10-5-3-2-4-6-10;1-6(2)14-5-4-10-9(14)8-11-7(3)12-13-8;3*9-8(10,11)7-13-6(14-15-7)5-3-1-2-4-12-5;1-5-9-6(11-10-5)7-8-3-4-12(7)2;;;/h2-8H,1H3;4-6H,1-3H3;3*1-4H;3-4H,1-2H3;;;/q6*-1;3*+2. The number of alkyl halides is 9. The molecule has 0 saturated carbocycles. The van der Waals surface area contributed by atoms with Crippen LogP contribution in [0, 0.1) is 20.8 Å². The average molecular weight is 1800 g/mol. The van der Waals surface area contributed by atoms with Crippen LogP contribution in [-0.4, -0.2) is 104 Å². The quantitative estimate of drug-likeness (QED) is 0.133. The van der Waals surface area contributed by atoms with Crippen molar-refractivity contribution in [3.63, 3.8) is 0 Å². The van der Waals surface area contributed by atoms with Crippen molar-refractivity contribution in [2.75, 3.05) is 0 Å². The average Bonchev–Trinajstić information content (AvgIpc) is 1.94. The van der Waals surface area contributed by atoms with Crippen LogP contribution in [0.3, 0.4) is 0 Å². The number of benzene rings is 1. The molecule has 91 heavy (non-hydrogen) atoms. The molecule has 0 N–H and O–H groups in total. The van der Waals surface area contributed by atoms with E-state index in [0.717, 1.165) is 17.3 Å². The molecule has 0 aliphatic heterocycles. The Morgan fingerprint density at radius 2 is 0.703 bits per heavy atom. The molecule has 478 valence electrons. The van der Waals surface area contributed by atoms with Crippen LogP contribution < -0.4 is 30.6 Å². The molecule has 0 unspecified atom stereocenters. The number of hydrogen-bond acceptors (Lipinski definition) is 18. The summed E-state index contributed by atoms with van der Waals surface area (Å²) in [5.41, 5.74) is 1.82. The topological polar surface area (TPSA) is 331 Å². The molecular formula is C52H42F9N27Pt3. The summed E-state index contributed by atoms with van der Waals surface area (Å²) in [5.74, 6) is 1.86. The minimum absolute atomic E-state index is 0. The number of nitrogens with zero attached hydrogens (tertiary/aromatic N) is 27. The molecule has 13 rings (SSSR count). The van der Waals surface area contributed by atoms with Crippen LogP contribution in [0.4, 0.5) is 39.5 Å². The van der Waals surface area contributed by atoms with Crippen molar-refractivity contribution < 1.29 is 103 Å². The number of hydrogen-bond donors (Lipinski definition) is 0. The van der Waals surface area contributed by atoms with Crippen molar-refractivity contribution in [3.05, 3.63) is 176 Å². The summed E-state index contributed by atoms with van der Waals surface area (Å²) in [6, 6.07) is 24.7. The van der Waals surface area contributed by atoms with Gasteiger partial charge in [0.1, 0.15) is 34.9 Å². The van der Waals surface area contributed by atoms with Gasteiger partial charge < -0.3 is 74.2 Å². The Hall–Kier alpha value is -9.43.